The van der Waals surface area contributed by atoms with Gasteiger partial charge in [0.2, 0.25) is 11.8 Å². The lowest BCUT2D eigenvalue weighted by Crippen LogP contribution is -2.02. The summed E-state index contributed by atoms with van der Waals surface area (Å²) in [6.07, 6.45) is 0.860. The SMILES string of the molecule is CCc1nnc(SCc2nnc(-c3ccccc3Cl)o2)n1CC. The maximum atomic E-state index is 6.14. The molecule has 0 saturated heterocycles. The number of aromatic nitrogens is 5. The van der Waals surface area contributed by atoms with Crippen LogP contribution in [0.15, 0.2) is 33.8 Å². The number of thioether (sulfide) groups is 1. The lowest BCUT2D eigenvalue weighted by Gasteiger charge is -2.04. The summed E-state index contributed by atoms with van der Waals surface area (Å²) in [5, 5.41) is 18.0. The first-order valence-electron chi connectivity index (χ1n) is 7.35. The first-order chi connectivity index (χ1) is 11.2. The Morgan fingerprint density at radius 1 is 1.13 bits per heavy atom. The Labute approximate surface area is 143 Å². The van der Waals surface area contributed by atoms with Crippen molar-refractivity contribution < 1.29 is 4.42 Å². The highest BCUT2D eigenvalue weighted by Gasteiger charge is 2.14. The highest BCUT2D eigenvalue weighted by atomic mass is 35.5. The van der Waals surface area contributed by atoms with Gasteiger partial charge in [0.15, 0.2) is 5.16 Å². The standard InChI is InChI=1S/C15H16ClN5OS/c1-3-12-17-20-15(21(12)4-2)23-9-13-18-19-14(22-13)10-7-5-6-8-11(10)16/h5-8H,3-4,9H2,1-2H3. The molecule has 6 nitrogen and oxygen atoms in total. The van der Waals surface area contributed by atoms with Gasteiger partial charge in [-0.3, -0.25) is 0 Å². The summed E-state index contributed by atoms with van der Waals surface area (Å²) < 4.78 is 7.79. The van der Waals surface area contributed by atoms with Crippen LogP contribution in [0.1, 0.15) is 25.6 Å². The van der Waals surface area contributed by atoms with Crippen LogP contribution in [0, 0.1) is 0 Å². The third kappa shape index (κ3) is 3.40. The third-order valence-electron chi connectivity index (χ3n) is 3.32. The molecule has 0 fully saturated rings. The van der Waals surface area contributed by atoms with Crippen LogP contribution in [-0.2, 0) is 18.7 Å². The Bertz CT molecular complexity index is 801. The molecular formula is C15H16ClN5OS. The van der Waals surface area contributed by atoms with Crippen molar-refractivity contribution in [2.45, 2.75) is 37.7 Å². The first-order valence-corrected chi connectivity index (χ1v) is 8.71. The molecule has 3 aromatic rings. The lowest BCUT2D eigenvalue weighted by atomic mass is 10.2. The predicted octanol–water partition coefficient (Wildman–Crippen LogP) is 3.86. The molecule has 0 radical (unpaired) electrons. The molecule has 3 rings (SSSR count). The zero-order chi connectivity index (χ0) is 16.2. The Morgan fingerprint density at radius 2 is 1.96 bits per heavy atom. The normalized spacial score (nSPS) is 11.1. The molecular weight excluding hydrogens is 334 g/mol. The number of hydrogen-bond acceptors (Lipinski definition) is 6. The fraction of sp³-hybridized carbons (Fsp3) is 0.333. The molecule has 2 heterocycles. The van der Waals surface area contributed by atoms with Crippen LogP contribution in [0.4, 0.5) is 0 Å². The highest BCUT2D eigenvalue weighted by Crippen LogP contribution is 2.28. The van der Waals surface area contributed by atoms with E-state index >= 15 is 0 Å². The average molecular weight is 350 g/mol. The summed E-state index contributed by atoms with van der Waals surface area (Å²) in [4.78, 5) is 0. The molecule has 23 heavy (non-hydrogen) atoms. The van der Waals surface area contributed by atoms with Gasteiger partial charge in [-0.15, -0.1) is 20.4 Å². The van der Waals surface area contributed by atoms with E-state index in [1.165, 1.54) is 11.8 Å². The number of benzene rings is 1. The van der Waals surface area contributed by atoms with Gasteiger partial charge in [-0.05, 0) is 19.1 Å². The number of aryl methyl sites for hydroxylation is 1. The fourth-order valence-corrected chi connectivity index (χ4v) is 3.26. The predicted molar refractivity (Wildman–Crippen MR) is 89.4 cm³/mol. The van der Waals surface area contributed by atoms with Crippen LogP contribution in [0.3, 0.4) is 0 Å². The van der Waals surface area contributed by atoms with Crippen molar-refractivity contribution in [3.63, 3.8) is 0 Å². The summed E-state index contributed by atoms with van der Waals surface area (Å²) in [5.41, 5.74) is 0.739. The maximum absolute atomic E-state index is 6.14. The van der Waals surface area contributed by atoms with Crippen LogP contribution >= 0.6 is 23.4 Å². The quantitative estimate of drug-likeness (QED) is 0.629. The largest absolute Gasteiger partial charge is 0.420 e. The minimum Gasteiger partial charge on any atom is -0.420 e. The van der Waals surface area contributed by atoms with Gasteiger partial charge in [0.05, 0.1) is 16.3 Å². The first kappa shape index (κ1) is 16.0. The van der Waals surface area contributed by atoms with E-state index in [2.05, 4.69) is 38.8 Å². The van der Waals surface area contributed by atoms with Crippen molar-refractivity contribution in [3.8, 4) is 11.5 Å². The van der Waals surface area contributed by atoms with E-state index in [9.17, 15) is 0 Å². The second-order valence-electron chi connectivity index (χ2n) is 4.77. The van der Waals surface area contributed by atoms with E-state index in [1.54, 1.807) is 6.07 Å². The fourth-order valence-electron chi connectivity index (χ4n) is 2.19. The minimum absolute atomic E-state index is 0.428. The molecule has 0 N–H and O–H groups in total. The summed E-state index contributed by atoms with van der Waals surface area (Å²) >= 11 is 7.68. The molecule has 0 bridgehead atoms. The number of rotatable bonds is 6. The Balaban J connectivity index is 1.73. The Hall–Kier alpha value is -1.86. The highest BCUT2D eigenvalue weighted by molar-refractivity contribution is 7.98. The molecule has 8 heteroatoms. The zero-order valence-corrected chi connectivity index (χ0v) is 14.4. The smallest absolute Gasteiger partial charge is 0.249 e. The van der Waals surface area contributed by atoms with Crippen molar-refractivity contribution in [1.29, 1.82) is 0 Å². The number of hydrogen-bond donors (Lipinski definition) is 0. The molecule has 1 aromatic carbocycles. The molecule has 2 aromatic heterocycles. The molecule has 0 saturated carbocycles. The Kier molecular flexibility index (Phi) is 4.97. The maximum Gasteiger partial charge on any atom is 0.249 e. The molecule has 0 atom stereocenters. The van der Waals surface area contributed by atoms with Crippen LogP contribution in [0.5, 0.6) is 0 Å². The second kappa shape index (κ2) is 7.14. The third-order valence-corrected chi connectivity index (χ3v) is 4.60. The molecule has 0 aliphatic heterocycles. The van der Waals surface area contributed by atoms with E-state index in [-0.39, 0.29) is 0 Å². The second-order valence-corrected chi connectivity index (χ2v) is 6.12. The van der Waals surface area contributed by atoms with Crippen LogP contribution in [0.2, 0.25) is 5.02 Å². The van der Waals surface area contributed by atoms with Gasteiger partial charge >= 0.3 is 0 Å². The van der Waals surface area contributed by atoms with Gasteiger partial charge in [-0.25, -0.2) is 0 Å². The van der Waals surface area contributed by atoms with E-state index in [1.807, 2.05) is 18.2 Å². The zero-order valence-electron chi connectivity index (χ0n) is 12.9. The molecule has 0 aliphatic carbocycles. The van der Waals surface area contributed by atoms with Gasteiger partial charge in [-0.2, -0.15) is 0 Å². The topological polar surface area (TPSA) is 69.6 Å². The van der Waals surface area contributed by atoms with Crippen LogP contribution in [-0.4, -0.2) is 25.0 Å². The van der Waals surface area contributed by atoms with E-state index in [0.29, 0.717) is 22.6 Å². The van der Waals surface area contributed by atoms with Crippen molar-refractivity contribution in [3.05, 3.63) is 41.0 Å². The van der Waals surface area contributed by atoms with Gasteiger partial charge < -0.3 is 8.98 Å². The number of halogens is 1. The van der Waals surface area contributed by atoms with Gasteiger partial charge in [0.25, 0.3) is 0 Å². The minimum atomic E-state index is 0.428. The summed E-state index contributed by atoms with van der Waals surface area (Å²) in [5.74, 6) is 2.49. The van der Waals surface area contributed by atoms with Crippen LogP contribution < -0.4 is 0 Å². The average Bonchev–Trinajstić information content (AvgIpc) is 3.19. The molecule has 0 unspecified atom stereocenters. The van der Waals surface area contributed by atoms with Crippen molar-refractivity contribution >= 4 is 23.4 Å². The molecule has 120 valence electrons. The lowest BCUT2D eigenvalue weighted by molar-refractivity contribution is 0.528. The molecule has 0 amide bonds. The van der Waals surface area contributed by atoms with Crippen LogP contribution in [0.25, 0.3) is 11.5 Å². The molecule has 0 aliphatic rings. The van der Waals surface area contributed by atoms with E-state index < -0.39 is 0 Å². The van der Waals surface area contributed by atoms with E-state index in [0.717, 1.165) is 29.5 Å². The monoisotopic (exact) mass is 349 g/mol. The number of nitrogens with zero attached hydrogens (tertiary/aromatic N) is 5. The van der Waals surface area contributed by atoms with Gasteiger partial charge in [-0.1, -0.05) is 42.4 Å². The van der Waals surface area contributed by atoms with Gasteiger partial charge in [0, 0.05) is 13.0 Å². The summed E-state index contributed by atoms with van der Waals surface area (Å²) in [6.45, 7) is 4.99. The Morgan fingerprint density at radius 3 is 2.70 bits per heavy atom. The summed E-state index contributed by atoms with van der Waals surface area (Å²) in [7, 11) is 0. The van der Waals surface area contributed by atoms with Gasteiger partial charge in [0.1, 0.15) is 5.82 Å². The van der Waals surface area contributed by atoms with Crippen molar-refractivity contribution in [2.75, 3.05) is 0 Å². The van der Waals surface area contributed by atoms with Crippen molar-refractivity contribution in [1.82, 2.24) is 25.0 Å². The van der Waals surface area contributed by atoms with Crippen molar-refractivity contribution in [2.24, 2.45) is 0 Å². The summed E-state index contributed by atoms with van der Waals surface area (Å²) in [6, 6.07) is 7.40. The molecule has 0 spiro atoms. The van der Waals surface area contributed by atoms with E-state index in [4.69, 9.17) is 16.0 Å².